The summed E-state index contributed by atoms with van der Waals surface area (Å²) < 4.78 is 5.60. The SMILES string of the molecule is C1CO[C@H]2CCCC2C1. The summed E-state index contributed by atoms with van der Waals surface area (Å²) in [6.07, 6.45) is 7.59. The molecule has 0 aromatic carbocycles. The van der Waals surface area contributed by atoms with Crippen molar-refractivity contribution in [2.24, 2.45) is 5.92 Å². The minimum absolute atomic E-state index is 0.666. The molecule has 0 radical (unpaired) electrons. The van der Waals surface area contributed by atoms with Crippen LogP contribution >= 0.6 is 0 Å². The average Bonchev–Trinajstić information content (AvgIpc) is 2.33. The van der Waals surface area contributed by atoms with E-state index < -0.39 is 0 Å². The van der Waals surface area contributed by atoms with Gasteiger partial charge in [-0.05, 0) is 31.6 Å². The van der Waals surface area contributed by atoms with Crippen molar-refractivity contribution in [3.63, 3.8) is 0 Å². The Hall–Kier alpha value is -0.0400. The van der Waals surface area contributed by atoms with Gasteiger partial charge in [-0.2, -0.15) is 0 Å². The van der Waals surface area contributed by atoms with Crippen LogP contribution in [0.5, 0.6) is 0 Å². The lowest BCUT2D eigenvalue weighted by molar-refractivity contribution is -0.00924. The molecular formula is C8H14O. The van der Waals surface area contributed by atoms with Gasteiger partial charge in [0.25, 0.3) is 0 Å². The van der Waals surface area contributed by atoms with Crippen LogP contribution in [-0.2, 0) is 4.74 Å². The molecule has 0 bridgehead atoms. The van der Waals surface area contributed by atoms with Crippen LogP contribution < -0.4 is 0 Å². The molecule has 1 nitrogen and oxygen atoms in total. The van der Waals surface area contributed by atoms with Gasteiger partial charge in [-0.3, -0.25) is 0 Å². The minimum atomic E-state index is 0.666. The third-order valence-corrected chi connectivity index (χ3v) is 2.64. The molecule has 0 aromatic rings. The summed E-state index contributed by atoms with van der Waals surface area (Å²) in [4.78, 5) is 0. The summed E-state index contributed by atoms with van der Waals surface area (Å²) in [6.45, 7) is 1.03. The molecule has 0 amide bonds. The van der Waals surface area contributed by atoms with E-state index in [1.54, 1.807) is 0 Å². The molecule has 0 aromatic heterocycles. The molecule has 2 atom stereocenters. The first-order valence-corrected chi connectivity index (χ1v) is 4.08. The van der Waals surface area contributed by atoms with E-state index in [4.69, 9.17) is 4.74 Å². The van der Waals surface area contributed by atoms with E-state index in [1.165, 1.54) is 32.1 Å². The molecule has 1 aliphatic carbocycles. The number of rotatable bonds is 0. The van der Waals surface area contributed by atoms with Gasteiger partial charge in [0.15, 0.2) is 0 Å². The van der Waals surface area contributed by atoms with Crippen LogP contribution in [-0.4, -0.2) is 12.7 Å². The number of hydrogen-bond donors (Lipinski definition) is 0. The Kier molecular flexibility index (Phi) is 1.46. The molecule has 9 heavy (non-hydrogen) atoms. The number of hydrogen-bond acceptors (Lipinski definition) is 1. The number of fused-ring (bicyclic) bond motifs is 1. The van der Waals surface area contributed by atoms with E-state index in [0.717, 1.165) is 12.5 Å². The molecule has 2 fully saturated rings. The lowest BCUT2D eigenvalue weighted by Gasteiger charge is -2.25. The van der Waals surface area contributed by atoms with Gasteiger partial charge in [0.1, 0.15) is 0 Å². The van der Waals surface area contributed by atoms with E-state index >= 15 is 0 Å². The van der Waals surface area contributed by atoms with Gasteiger partial charge in [-0.25, -0.2) is 0 Å². The topological polar surface area (TPSA) is 9.23 Å². The molecule has 2 aliphatic rings. The first-order valence-electron chi connectivity index (χ1n) is 4.08. The van der Waals surface area contributed by atoms with Crippen LogP contribution in [0.25, 0.3) is 0 Å². The molecule has 1 unspecified atom stereocenters. The third kappa shape index (κ3) is 0.983. The molecule has 2 rings (SSSR count). The summed E-state index contributed by atoms with van der Waals surface area (Å²) in [5.74, 6) is 0.943. The molecule has 52 valence electrons. The van der Waals surface area contributed by atoms with Crippen molar-refractivity contribution >= 4 is 0 Å². The zero-order valence-corrected chi connectivity index (χ0v) is 5.81. The van der Waals surface area contributed by atoms with Crippen molar-refractivity contribution in [2.45, 2.75) is 38.2 Å². The van der Waals surface area contributed by atoms with Gasteiger partial charge in [0.05, 0.1) is 6.10 Å². The maximum absolute atomic E-state index is 5.60. The lowest BCUT2D eigenvalue weighted by atomic mass is 9.98. The second-order valence-corrected chi connectivity index (χ2v) is 3.24. The Morgan fingerprint density at radius 3 is 2.78 bits per heavy atom. The summed E-state index contributed by atoms with van der Waals surface area (Å²) in [7, 11) is 0. The van der Waals surface area contributed by atoms with Crippen LogP contribution in [0.15, 0.2) is 0 Å². The Morgan fingerprint density at radius 2 is 1.89 bits per heavy atom. The number of ether oxygens (including phenoxy) is 1. The fourth-order valence-electron chi connectivity index (χ4n) is 2.13. The molecule has 0 spiro atoms. The van der Waals surface area contributed by atoms with Gasteiger partial charge >= 0.3 is 0 Å². The van der Waals surface area contributed by atoms with Crippen molar-refractivity contribution in [2.75, 3.05) is 6.61 Å². The monoisotopic (exact) mass is 126 g/mol. The van der Waals surface area contributed by atoms with Gasteiger partial charge < -0.3 is 4.74 Å². The smallest absolute Gasteiger partial charge is 0.0603 e. The highest BCUT2D eigenvalue weighted by Crippen LogP contribution is 2.34. The largest absolute Gasteiger partial charge is 0.378 e. The van der Waals surface area contributed by atoms with E-state index in [2.05, 4.69) is 0 Å². The second kappa shape index (κ2) is 2.30. The van der Waals surface area contributed by atoms with Crippen LogP contribution in [0.4, 0.5) is 0 Å². The molecule has 1 aliphatic heterocycles. The van der Waals surface area contributed by atoms with Crippen molar-refractivity contribution < 1.29 is 4.74 Å². The van der Waals surface area contributed by atoms with E-state index in [9.17, 15) is 0 Å². The summed E-state index contributed by atoms with van der Waals surface area (Å²) >= 11 is 0. The fraction of sp³-hybridized carbons (Fsp3) is 1.00. The molecule has 1 saturated heterocycles. The van der Waals surface area contributed by atoms with E-state index in [1.807, 2.05) is 0 Å². The normalized spacial score (nSPS) is 42.7. The zero-order valence-electron chi connectivity index (χ0n) is 5.81. The Balaban J connectivity index is 1.97. The minimum Gasteiger partial charge on any atom is -0.378 e. The zero-order chi connectivity index (χ0) is 6.10. The van der Waals surface area contributed by atoms with Crippen molar-refractivity contribution in [1.82, 2.24) is 0 Å². The maximum Gasteiger partial charge on any atom is 0.0603 e. The highest BCUT2D eigenvalue weighted by Gasteiger charge is 2.29. The maximum atomic E-state index is 5.60. The summed E-state index contributed by atoms with van der Waals surface area (Å²) in [5.41, 5.74) is 0. The molecule has 0 N–H and O–H groups in total. The Labute approximate surface area is 56.4 Å². The van der Waals surface area contributed by atoms with Crippen molar-refractivity contribution in [1.29, 1.82) is 0 Å². The quantitative estimate of drug-likeness (QED) is 0.482. The highest BCUT2D eigenvalue weighted by atomic mass is 16.5. The Morgan fingerprint density at radius 1 is 1.00 bits per heavy atom. The average molecular weight is 126 g/mol. The van der Waals surface area contributed by atoms with Crippen LogP contribution in [0.2, 0.25) is 0 Å². The molecular weight excluding hydrogens is 112 g/mol. The van der Waals surface area contributed by atoms with Gasteiger partial charge in [-0.1, -0.05) is 6.42 Å². The summed E-state index contributed by atoms with van der Waals surface area (Å²) in [5, 5.41) is 0. The molecule has 1 heteroatoms. The lowest BCUT2D eigenvalue weighted by Crippen LogP contribution is -2.23. The fourth-order valence-corrected chi connectivity index (χ4v) is 2.13. The predicted molar refractivity (Wildman–Crippen MR) is 36.3 cm³/mol. The molecule has 1 heterocycles. The van der Waals surface area contributed by atoms with E-state index in [-0.39, 0.29) is 0 Å². The van der Waals surface area contributed by atoms with Gasteiger partial charge in [-0.15, -0.1) is 0 Å². The second-order valence-electron chi connectivity index (χ2n) is 3.24. The highest BCUT2D eigenvalue weighted by molar-refractivity contribution is 4.80. The van der Waals surface area contributed by atoms with E-state index in [0.29, 0.717) is 6.10 Å². The van der Waals surface area contributed by atoms with Crippen LogP contribution in [0, 0.1) is 5.92 Å². The van der Waals surface area contributed by atoms with Gasteiger partial charge in [0, 0.05) is 6.61 Å². The predicted octanol–water partition coefficient (Wildman–Crippen LogP) is 1.97. The van der Waals surface area contributed by atoms with Crippen LogP contribution in [0.3, 0.4) is 0 Å². The molecule has 1 saturated carbocycles. The summed E-state index contributed by atoms with van der Waals surface area (Å²) in [6, 6.07) is 0. The first-order chi connectivity index (χ1) is 4.47. The first kappa shape index (κ1) is 5.72. The van der Waals surface area contributed by atoms with Crippen LogP contribution in [0.1, 0.15) is 32.1 Å². The van der Waals surface area contributed by atoms with Crippen molar-refractivity contribution in [3.05, 3.63) is 0 Å². The third-order valence-electron chi connectivity index (χ3n) is 2.64. The Bertz CT molecular complexity index is 88.7. The van der Waals surface area contributed by atoms with Crippen molar-refractivity contribution in [3.8, 4) is 0 Å². The standard InChI is InChI=1S/C8H14O/c1-3-7-4-2-6-9-8(7)5-1/h7-8H,1-6H2/t7?,8-/m0/s1. The van der Waals surface area contributed by atoms with Gasteiger partial charge in [0.2, 0.25) is 0 Å².